The first-order chi connectivity index (χ1) is 44.2. The van der Waals surface area contributed by atoms with Crippen LogP contribution >= 0.6 is 24.8 Å². The molecule has 4 aromatic rings. The van der Waals surface area contributed by atoms with Crippen molar-refractivity contribution in [3.8, 4) is 23.3 Å². The Morgan fingerprint density at radius 3 is 1.34 bits per heavy atom. The van der Waals surface area contributed by atoms with Crippen LogP contribution in [0.3, 0.4) is 0 Å². The third kappa shape index (κ3) is 16.3. The summed E-state index contributed by atoms with van der Waals surface area (Å²) in [5.41, 5.74) is 1.05. The molecule has 97 heavy (non-hydrogen) atoms. The number of halogens is 2. The van der Waals surface area contributed by atoms with Crippen molar-refractivity contribution >= 4 is 108 Å². The fourth-order valence-corrected chi connectivity index (χ4v) is 14.4. The van der Waals surface area contributed by atoms with E-state index in [2.05, 4.69) is 48.5 Å². The number of carbonyl (C=O) groups is 7. The molecule has 0 radical (unpaired) electrons. The first-order valence-corrected chi connectivity index (χ1v) is 34.7. The lowest BCUT2D eigenvalue weighted by molar-refractivity contribution is -0.143. The Morgan fingerprint density at radius 2 is 1.01 bits per heavy atom. The Hall–Kier alpha value is -7.53. The fraction of sp³-hybridized carbons (Fsp3) is 0.567. The molecule has 30 heteroatoms. The third-order valence-corrected chi connectivity index (χ3v) is 23.2. The standard InChI is InChI=1S/C36H49N5O9S.C31H41N5O7S.2ClH/c1-10-22-19-36(22,31(44)40-51(46,47)35(8)14-15-35)39-28(42)26-18-24(49-29-25-12-11-23(48-9)17-21(25)13-16-37-29)20-41(26)30(43)27(33(2,3)4)38-32(45)50-34(5,6)7;1-7-19-16-31(19,28(39)35-44(40,41)30(5)11-12-30)34-25(37)23-15-21(17-36(23)27(38)24(32)29(2,3)4)43-26-22-9-8-20(42-6)14-18(22)10-13-33-26;;/h10-13,16-17,22,24,26-27H,1,14-15,18-20H2,2-9H3,(H,38,45)(H,39,42)(H,40,44);7-10,13-14,19,21,23-24H,1,11-12,15-17,32H2,2-6H3,(H,34,37)(H,35,39);2*1H/t22-,24-,26+,27-,36-;19-,21-,23+,24-,31-;;/m11../s1. The first-order valence-electron chi connectivity index (χ1n) is 31.8. The largest absolute Gasteiger partial charge is 0.497 e. The van der Waals surface area contributed by atoms with Crippen LogP contribution in [-0.2, 0) is 53.6 Å². The van der Waals surface area contributed by atoms with E-state index in [0.717, 1.165) is 16.2 Å². The van der Waals surface area contributed by atoms with E-state index >= 15 is 0 Å². The molecule has 4 saturated carbocycles. The zero-order valence-electron chi connectivity index (χ0n) is 57.1. The molecular formula is C67H92Cl2N10O16S2. The van der Waals surface area contributed by atoms with Gasteiger partial charge in [0.15, 0.2) is 0 Å². The minimum atomic E-state index is -3.99. The lowest BCUT2D eigenvalue weighted by Gasteiger charge is -2.36. The summed E-state index contributed by atoms with van der Waals surface area (Å²) in [6, 6.07) is 10.3. The Kier molecular flexibility index (Phi) is 22.2. The van der Waals surface area contributed by atoms with Crippen LogP contribution in [-0.4, -0.2) is 168 Å². The Balaban J connectivity index is 0.000000271. The van der Waals surface area contributed by atoms with Crippen LogP contribution in [0.15, 0.2) is 86.2 Å². The lowest BCUT2D eigenvalue weighted by atomic mass is 9.85. The molecule has 0 spiro atoms. The average molecular weight is 1430 g/mol. The predicted octanol–water partition coefficient (Wildman–Crippen LogP) is 6.46. The number of aromatic nitrogens is 2. The summed E-state index contributed by atoms with van der Waals surface area (Å²) in [4.78, 5) is 108. The molecular weight excluding hydrogens is 1340 g/mol. The monoisotopic (exact) mass is 1430 g/mol. The van der Waals surface area contributed by atoms with Crippen LogP contribution in [0.5, 0.6) is 23.3 Å². The van der Waals surface area contributed by atoms with Crippen LogP contribution in [0.25, 0.3) is 21.5 Å². The third-order valence-electron chi connectivity index (χ3n) is 18.9. The molecule has 7 amide bonds. The van der Waals surface area contributed by atoms with Crippen molar-refractivity contribution in [2.45, 2.75) is 190 Å². The van der Waals surface area contributed by atoms with E-state index in [9.17, 15) is 50.4 Å². The maximum absolute atomic E-state index is 14.4. The number of hydrogen-bond acceptors (Lipinski definition) is 19. The van der Waals surface area contributed by atoms with Crippen LogP contribution in [0.1, 0.15) is 128 Å². The van der Waals surface area contributed by atoms with Crippen molar-refractivity contribution in [2.24, 2.45) is 28.4 Å². The van der Waals surface area contributed by atoms with Crippen LogP contribution in [0.2, 0.25) is 0 Å². The number of sulfonamides is 2. The molecule has 532 valence electrons. The van der Waals surface area contributed by atoms with E-state index in [4.69, 9.17) is 29.4 Å². The van der Waals surface area contributed by atoms with E-state index < -0.39 is 147 Å². The summed E-state index contributed by atoms with van der Waals surface area (Å²) in [6.45, 7) is 26.6. The fourth-order valence-electron chi connectivity index (χ4n) is 11.8. The van der Waals surface area contributed by atoms with Crippen molar-refractivity contribution < 1.29 is 74.1 Å². The van der Waals surface area contributed by atoms with Crippen LogP contribution in [0, 0.1) is 22.7 Å². The molecule has 0 bridgehead atoms. The van der Waals surface area contributed by atoms with Gasteiger partial charge in [-0.3, -0.25) is 38.2 Å². The summed E-state index contributed by atoms with van der Waals surface area (Å²) in [5.74, 6) is -2.99. The maximum Gasteiger partial charge on any atom is 0.408 e. The van der Waals surface area contributed by atoms with E-state index in [1.165, 1.54) is 22.0 Å². The lowest BCUT2D eigenvalue weighted by Crippen LogP contribution is -2.60. The number of amides is 7. The molecule has 6 fully saturated rings. The van der Waals surface area contributed by atoms with Gasteiger partial charge in [0.05, 0.1) is 42.8 Å². The summed E-state index contributed by atoms with van der Waals surface area (Å²) in [5, 5.41) is 11.3. The van der Waals surface area contributed by atoms with E-state index in [0.29, 0.717) is 48.4 Å². The van der Waals surface area contributed by atoms with Gasteiger partial charge in [0.2, 0.25) is 55.4 Å². The molecule has 7 N–H and O–H groups in total. The van der Waals surface area contributed by atoms with Gasteiger partial charge in [-0.15, -0.1) is 38.0 Å². The molecule has 10 rings (SSSR count). The van der Waals surface area contributed by atoms with Crippen LogP contribution in [0.4, 0.5) is 4.79 Å². The van der Waals surface area contributed by atoms with E-state index in [1.54, 1.807) is 100 Å². The second-order valence-corrected chi connectivity index (χ2v) is 33.8. The smallest absolute Gasteiger partial charge is 0.408 e. The number of alkyl carbamates (subject to hydrolysis) is 1. The molecule has 2 saturated heterocycles. The number of methoxy groups -OCH3 is 2. The second kappa shape index (κ2) is 28.0. The Bertz CT molecular complexity index is 3980. The first kappa shape index (κ1) is 76.8. The number of ether oxygens (including phenoxy) is 5. The molecule has 2 aromatic carbocycles. The molecule has 4 heterocycles. The highest BCUT2D eigenvalue weighted by Crippen LogP contribution is 2.49. The van der Waals surface area contributed by atoms with Crippen molar-refractivity contribution in [3.63, 3.8) is 0 Å². The van der Waals surface area contributed by atoms with Gasteiger partial charge in [0, 0.05) is 47.8 Å². The summed E-state index contributed by atoms with van der Waals surface area (Å²) in [7, 11) is -4.78. The number of rotatable bonds is 21. The number of fused-ring (bicyclic) bond motifs is 2. The molecule has 4 aliphatic carbocycles. The van der Waals surface area contributed by atoms with Crippen molar-refractivity contribution in [1.29, 1.82) is 0 Å². The zero-order valence-corrected chi connectivity index (χ0v) is 60.3. The average Bonchev–Trinajstić information content (AvgIpc) is 1.58. The van der Waals surface area contributed by atoms with Gasteiger partial charge in [0.1, 0.15) is 58.5 Å². The SMILES string of the molecule is C=C[C@@H]1C[C@]1(NC(=O)[C@@H]1C[C@@H](Oc2nccc3cc(OC)ccc23)CN1C(=O)[C@@H](N)C(C)(C)C)C(=O)NS(=O)(=O)C1(C)CC1.C=C[C@@H]1C[C@]1(NC(=O)[C@@H]1C[C@@H](Oc2nccc3cc(OC)ccc23)CN1C(=O)[C@@H](NC(=O)OC(C)(C)C)C(C)(C)C)C(=O)NS(=O)(=O)C1(C)CC1.Cl.Cl. The normalized spacial score (nSPS) is 24.9. The highest BCUT2D eigenvalue weighted by Gasteiger charge is 2.65. The second-order valence-electron chi connectivity index (χ2n) is 29.4. The number of carbonyl (C=O) groups excluding carboxylic acids is 7. The van der Waals surface area contributed by atoms with Gasteiger partial charge >= 0.3 is 6.09 Å². The number of nitrogens with two attached hydrogens (primary N) is 1. The molecule has 0 unspecified atom stereocenters. The number of nitrogens with zero attached hydrogens (tertiary/aromatic N) is 4. The van der Waals surface area contributed by atoms with Gasteiger partial charge in [-0.05, 0) is 143 Å². The van der Waals surface area contributed by atoms with Gasteiger partial charge in [0.25, 0.3) is 11.8 Å². The van der Waals surface area contributed by atoms with Crippen molar-refractivity contribution in [2.75, 3.05) is 27.3 Å². The van der Waals surface area contributed by atoms with Gasteiger partial charge < -0.3 is 55.2 Å². The molecule has 6 aliphatic rings. The van der Waals surface area contributed by atoms with Crippen LogP contribution < -0.4 is 50.1 Å². The van der Waals surface area contributed by atoms with Gasteiger partial charge in [-0.2, -0.15) is 0 Å². The minimum absolute atomic E-state index is 0. The van der Waals surface area contributed by atoms with E-state index in [-0.39, 0.29) is 69.5 Å². The highest BCUT2D eigenvalue weighted by molar-refractivity contribution is 7.92. The number of likely N-dealkylation sites (tertiary alicyclic amines) is 2. The summed E-state index contributed by atoms with van der Waals surface area (Å²) >= 11 is 0. The van der Waals surface area contributed by atoms with Gasteiger partial charge in [-0.25, -0.2) is 31.6 Å². The minimum Gasteiger partial charge on any atom is -0.497 e. The van der Waals surface area contributed by atoms with Crippen molar-refractivity contribution in [3.05, 3.63) is 86.2 Å². The maximum atomic E-state index is 14.4. The number of benzene rings is 2. The van der Waals surface area contributed by atoms with Crippen molar-refractivity contribution in [1.82, 2.24) is 45.2 Å². The predicted molar refractivity (Wildman–Crippen MR) is 368 cm³/mol. The van der Waals surface area contributed by atoms with Gasteiger partial charge in [-0.1, -0.05) is 53.7 Å². The number of hydrogen-bond donors (Lipinski definition) is 6. The molecule has 26 nitrogen and oxygen atoms in total. The van der Waals surface area contributed by atoms with E-state index in [1.807, 2.05) is 51.1 Å². The molecule has 10 atom stereocenters. The number of nitrogens with one attached hydrogen (secondary N) is 5. The Morgan fingerprint density at radius 1 is 0.619 bits per heavy atom. The summed E-state index contributed by atoms with van der Waals surface area (Å²) < 4.78 is 82.7. The summed E-state index contributed by atoms with van der Waals surface area (Å²) in [6.07, 6.45) is 6.26. The highest BCUT2D eigenvalue weighted by atomic mass is 35.5. The molecule has 2 aromatic heterocycles. The quantitative estimate of drug-likeness (QED) is 0.0487. The Labute approximate surface area is 579 Å². The zero-order chi connectivity index (χ0) is 70.0. The topological polar surface area (TPSA) is 352 Å². The number of pyridine rings is 2. The molecule has 2 aliphatic heterocycles.